The summed E-state index contributed by atoms with van der Waals surface area (Å²) in [5, 5.41) is 6.97. The first-order valence-electron chi connectivity index (χ1n) is 9.60. The molecule has 7 nitrogen and oxygen atoms in total. The Hall–Kier alpha value is -3.87. The number of aryl methyl sites for hydroxylation is 2. The molecule has 0 atom stereocenters. The van der Waals surface area contributed by atoms with Crippen molar-refractivity contribution in [3.05, 3.63) is 95.2 Å². The van der Waals surface area contributed by atoms with E-state index >= 15 is 0 Å². The molecule has 0 aliphatic carbocycles. The second-order valence-corrected chi connectivity index (χ2v) is 7.02. The van der Waals surface area contributed by atoms with Crippen molar-refractivity contribution in [2.24, 2.45) is 0 Å². The van der Waals surface area contributed by atoms with Crippen molar-refractivity contribution in [2.75, 3.05) is 5.32 Å². The number of nitrogens with one attached hydrogen (secondary N) is 1. The lowest BCUT2D eigenvalue weighted by atomic mass is 10.1. The van der Waals surface area contributed by atoms with Crippen molar-refractivity contribution in [3.63, 3.8) is 0 Å². The van der Waals surface area contributed by atoms with E-state index in [1.165, 1.54) is 5.56 Å². The van der Waals surface area contributed by atoms with Gasteiger partial charge in [0.05, 0.1) is 6.54 Å². The van der Waals surface area contributed by atoms with Gasteiger partial charge in [-0.1, -0.05) is 36.4 Å². The number of carbonyl (C=O) groups is 1. The van der Waals surface area contributed by atoms with Gasteiger partial charge >= 0.3 is 0 Å². The number of rotatable bonds is 7. The number of hydrogen-bond donors (Lipinski definition) is 1. The first-order chi connectivity index (χ1) is 14.6. The third-order valence-corrected chi connectivity index (χ3v) is 4.61. The quantitative estimate of drug-likeness (QED) is 0.496. The van der Waals surface area contributed by atoms with E-state index in [1.54, 1.807) is 23.1 Å². The summed E-state index contributed by atoms with van der Waals surface area (Å²) in [5.74, 6) is 1.29. The molecule has 1 amide bonds. The molecule has 0 aliphatic rings. The average Bonchev–Trinajstić information content (AvgIpc) is 3.38. The highest BCUT2D eigenvalue weighted by Crippen LogP contribution is 2.16. The molecule has 0 saturated heterocycles. The van der Waals surface area contributed by atoms with Crippen LogP contribution in [0.1, 0.15) is 33.0 Å². The first kappa shape index (κ1) is 19.4. The van der Waals surface area contributed by atoms with Crippen LogP contribution in [0.2, 0.25) is 0 Å². The summed E-state index contributed by atoms with van der Waals surface area (Å²) in [6.07, 6.45) is 1.59. The Morgan fingerprint density at radius 1 is 1.10 bits per heavy atom. The van der Waals surface area contributed by atoms with E-state index in [0.717, 1.165) is 16.9 Å². The Balaban J connectivity index is 1.34. The monoisotopic (exact) mass is 402 g/mol. The normalized spacial score (nSPS) is 10.7. The number of benzene rings is 2. The number of anilines is 1. The van der Waals surface area contributed by atoms with E-state index in [4.69, 9.17) is 9.15 Å². The molecule has 0 bridgehead atoms. The van der Waals surface area contributed by atoms with Crippen LogP contribution in [0.25, 0.3) is 0 Å². The van der Waals surface area contributed by atoms with E-state index in [0.29, 0.717) is 12.3 Å². The maximum Gasteiger partial charge on any atom is 0.293 e. The van der Waals surface area contributed by atoms with Gasteiger partial charge in [-0.3, -0.25) is 10.1 Å². The first-order valence-corrected chi connectivity index (χ1v) is 9.60. The molecule has 30 heavy (non-hydrogen) atoms. The van der Waals surface area contributed by atoms with Crippen LogP contribution in [0, 0.1) is 13.8 Å². The highest BCUT2D eigenvalue weighted by molar-refractivity contribution is 6.01. The Bertz CT molecular complexity index is 1160. The highest BCUT2D eigenvalue weighted by Gasteiger charge is 2.14. The SMILES string of the molecule is Cc1cccc(OCc2ccc(C(=O)Nc3ncn(Cc4ccccc4C)n3)o2)c1. The van der Waals surface area contributed by atoms with Crippen LogP contribution in [-0.2, 0) is 13.2 Å². The topological polar surface area (TPSA) is 82.2 Å². The van der Waals surface area contributed by atoms with Crippen molar-refractivity contribution >= 4 is 11.9 Å². The lowest BCUT2D eigenvalue weighted by molar-refractivity contribution is 0.0991. The summed E-state index contributed by atoms with van der Waals surface area (Å²) in [6.45, 7) is 4.86. The van der Waals surface area contributed by atoms with Crippen molar-refractivity contribution in [2.45, 2.75) is 27.0 Å². The fraction of sp³-hybridized carbons (Fsp3) is 0.174. The molecule has 0 unspecified atom stereocenters. The Kier molecular flexibility index (Phi) is 5.61. The smallest absolute Gasteiger partial charge is 0.293 e. The average molecular weight is 402 g/mol. The number of furan rings is 1. The van der Waals surface area contributed by atoms with Gasteiger partial charge in [0.15, 0.2) is 5.76 Å². The maximum atomic E-state index is 12.4. The second-order valence-electron chi connectivity index (χ2n) is 7.02. The predicted molar refractivity (Wildman–Crippen MR) is 112 cm³/mol. The van der Waals surface area contributed by atoms with Gasteiger partial charge in [0, 0.05) is 0 Å². The van der Waals surface area contributed by atoms with E-state index in [-0.39, 0.29) is 18.3 Å². The van der Waals surface area contributed by atoms with Crippen molar-refractivity contribution in [3.8, 4) is 5.75 Å². The standard InChI is InChI=1S/C23H22N4O3/c1-16-6-5-9-19(12-16)29-14-20-10-11-21(30-20)22(28)25-23-24-15-27(26-23)13-18-8-4-3-7-17(18)2/h3-12,15H,13-14H2,1-2H3,(H,25,26,28). The molecule has 4 rings (SSSR count). The number of amides is 1. The summed E-state index contributed by atoms with van der Waals surface area (Å²) in [6, 6.07) is 19.1. The van der Waals surface area contributed by atoms with Crippen LogP contribution >= 0.6 is 0 Å². The molecule has 2 aromatic carbocycles. The molecule has 0 spiro atoms. The van der Waals surface area contributed by atoms with E-state index in [9.17, 15) is 4.79 Å². The molecule has 2 aromatic heterocycles. The fourth-order valence-electron chi connectivity index (χ4n) is 2.99. The van der Waals surface area contributed by atoms with Gasteiger partial charge in [-0.05, 0) is 54.8 Å². The second kappa shape index (κ2) is 8.65. The fourth-order valence-corrected chi connectivity index (χ4v) is 2.99. The molecule has 1 N–H and O–H groups in total. The van der Waals surface area contributed by atoms with Gasteiger partial charge in [-0.2, -0.15) is 0 Å². The minimum absolute atomic E-state index is 0.174. The number of ether oxygens (including phenoxy) is 1. The third kappa shape index (κ3) is 4.75. The largest absolute Gasteiger partial charge is 0.486 e. The van der Waals surface area contributed by atoms with E-state index in [2.05, 4.69) is 15.4 Å². The minimum Gasteiger partial charge on any atom is -0.486 e. The zero-order valence-electron chi connectivity index (χ0n) is 16.8. The summed E-state index contributed by atoms with van der Waals surface area (Å²) < 4.78 is 13.0. The molecule has 4 aromatic rings. The van der Waals surface area contributed by atoms with Gasteiger partial charge in [-0.15, -0.1) is 5.10 Å². The number of aromatic nitrogens is 3. The Morgan fingerprint density at radius 3 is 2.80 bits per heavy atom. The zero-order chi connectivity index (χ0) is 20.9. The summed E-state index contributed by atoms with van der Waals surface area (Å²) in [5.41, 5.74) is 3.43. The molecule has 7 heteroatoms. The number of carbonyl (C=O) groups excluding carboxylic acids is 1. The Morgan fingerprint density at radius 2 is 1.97 bits per heavy atom. The molecular formula is C23H22N4O3. The van der Waals surface area contributed by atoms with E-state index in [1.807, 2.05) is 62.4 Å². The molecule has 0 saturated carbocycles. The maximum absolute atomic E-state index is 12.4. The van der Waals surface area contributed by atoms with Gasteiger partial charge in [-0.25, -0.2) is 9.67 Å². The number of nitrogens with zero attached hydrogens (tertiary/aromatic N) is 3. The zero-order valence-corrected chi connectivity index (χ0v) is 16.8. The van der Waals surface area contributed by atoms with Crippen LogP contribution in [0.5, 0.6) is 5.75 Å². The third-order valence-electron chi connectivity index (χ3n) is 4.61. The molecule has 0 aliphatic heterocycles. The molecule has 0 radical (unpaired) electrons. The lowest BCUT2D eigenvalue weighted by Crippen LogP contribution is -2.12. The summed E-state index contributed by atoms with van der Waals surface area (Å²) in [7, 11) is 0. The molecular weight excluding hydrogens is 380 g/mol. The van der Waals surface area contributed by atoms with E-state index < -0.39 is 5.91 Å². The van der Waals surface area contributed by atoms with Crippen LogP contribution in [0.3, 0.4) is 0 Å². The van der Waals surface area contributed by atoms with Crippen LogP contribution in [0.4, 0.5) is 5.95 Å². The molecule has 152 valence electrons. The highest BCUT2D eigenvalue weighted by atomic mass is 16.5. The van der Waals surface area contributed by atoms with Gasteiger partial charge in [0.25, 0.3) is 5.91 Å². The summed E-state index contributed by atoms with van der Waals surface area (Å²) >= 11 is 0. The van der Waals surface area contributed by atoms with Gasteiger partial charge in [0.1, 0.15) is 24.4 Å². The minimum atomic E-state index is -0.412. The van der Waals surface area contributed by atoms with Crippen molar-refractivity contribution < 1.29 is 13.9 Å². The van der Waals surface area contributed by atoms with Crippen LogP contribution in [0.15, 0.2) is 71.4 Å². The van der Waals surface area contributed by atoms with Gasteiger partial charge in [0.2, 0.25) is 5.95 Å². The van der Waals surface area contributed by atoms with Crippen molar-refractivity contribution in [1.29, 1.82) is 0 Å². The van der Waals surface area contributed by atoms with Crippen LogP contribution in [-0.4, -0.2) is 20.7 Å². The van der Waals surface area contributed by atoms with Crippen LogP contribution < -0.4 is 10.1 Å². The predicted octanol–water partition coefficient (Wildman–Crippen LogP) is 4.37. The molecule has 0 fully saturated rings. The molecule has 2 heterocycles. The van der Waals surface area contributed by atoms with Crippen molar-refractivity contribution in [1.82, 2.24) is 14.8 Å². The Labute approximate surface area is 174 Å². The number of hydrogen-bond acceptors (Lipinski definition) is 5. The van der Waals surface area contributed by atoms with Gasteiger partial charge < -0.3 is 9.15 Å². The summed E-state index contributed by atoms with van der Waals surface area (Å²) in [4.78, 5) is 16.6. The lowest BCUT2D eigenvalue weighted by Gasteiger charge is -2.05.